The Morgan fingerprint density at radius 2 is 2.06 bits per heavy atom. The molecule has 0 unspecified atom stereocenters. The lowest BCUT2D eigenvalue weighted by Gasteiger charge is -2.11. The first kappa shape index (κ1) is 14.3. The Labute approximate surface area is 110 Å². The van der Waals surface area contributed by atoms with Crippen LogP contribution in [0, 0.1) is 3.57 Å². The molecule has 0 aliphatic carbocycles. The molecule has 0 heterocycles. The van der Waals surface area contributed by atoms with Crippen LogP contribution < -0.4 is 4.74 Å². The monoisotopic (exact) mass is 358 g/mol. The van der Waals surface area contributed by atoms with Crippen LogP contribution in [-0.4, -0.2) is 12.9 Å². The normalized spacial score (nSPS) is 11.3. The van der Waals surface area contributed by atoms with Crippen LogP contribution in [0.2, 0.25) is 0 Å². The zero-order valence-electron chi connectivity index (χ0n) is 8.76. The van der Waals surface area contributed by atoms with E-state index in [4.69, 9.17) is 4.74 Å². The van der Waals surface area contributed by atoms with Crippen LogP contribution in [0.4, 0.5) is 13.2 Å². The van der Waals surface area contributed by atoms with Crippen LogP contribution in [0.5, 0.6) is 5.75 Å². The van der Waals surface area contributed by atoms with E-state index in [1.807, 2.05) is 22.6 Å². The molecule has 0 radical (unpaired) electrons. The van der Waals surface area contributed by atoms with Crippen molar-refractivity contribution in [1.29, 1.82) is 0 Å². The molecule has 0 saturated heterocycles. The lowest BCUT2D eigenvalue weighted by atomic mass is 10.2. The maximum Gasteiger partial charge on any atom is 0.416 e. The summed E-state index contributed by atoms with van der Waals surface area (Å²) in [4.78, 5) is 10.1. The molecule has 94 valence electrons. The fourth-order valence-corrected chi connectivity index (χ4v) is 1.63. The van der Waals surface area contributed by atoms with E-state index in [1.54, 1.807) is 0 Å². The molecule has 17 heavy (non-hydrogen) atoms. The molecule has 0 atom stereocenters. The Morgan fingerprint density at radius 3 is 2.65 bits per heavy atom. The molecule has 0 N–H and O–H groups in total. The second-order valence-corrected chi connectivity index (χ2v) is 4.46. The highest BCUT2D eigenvalue weighted by molar-refractivity contribution is 14.1. The number of carbonyl (C=O) groups is 1. The standard InChI is InChI=1S/C11H10F3IO2/c12-11(13,14)8-3-4-9(15)10(7-8)17-6-2-1-5-16/h3-5,7H,1-2,6H2. The summed E-state index contributed by atoms with van der Waals surface area (Å²) in [6, 6.07) is 3.35. The predicted octanol–water partition coefficient (Wildman–Crippen LogP) is 3.67. The number of alkyl halides is 3. The minimum Gasteiger partial charge on any atom is -0.492 e. The van der Waals surface area contributed by atoms with Crippen LogP contribution in [0.25, 0.3) is 0 Å². The van der Waals surface area contributed by atoms with Crippen LogP contribution in [-0.2, 0) is 11.0 Å². The van der Waals surface area contributed by atoms with E-state index in [9.17, 15) is 18.0 Å². The molecule has 1 aromatic carbocycles. The lowest BCUT2D eigenvalue weighted by molar-refractivity contribution is -0.137. The Hall–Kier alpha value is -0.790. The Bertz CT molecular complexity index is 391. The van der Waals surface area contributed by atoms with Crippen molar-refractivity contribution in [1.82, 2.24) is 0 Å². The molecule has 0 aliphatic rings. The van der Waals surface area contributed by atoms with Crippen molar-refractivity contribution >= 4 is 28.9 Å². The van der Waals surface area contributed by atoms with Crippen molar-refractivity contribution in [2.45, 2.75) is 19.0 Å². The number of hydrogen-bond donors (Lipinski definition) is 0. The van der Waals surface area contributed by atoms with Crippen molar-refractivity contribution in [3.8, 4) is 5.75 Å². The molecule has 2 nitrogen and oxygen atoms in total. The summed E-state index contributed by atoms with van der Waals surface area (Å²) in [5.74, 6) is 0.200. The minimum absolute atomic E-state index is 0.200. The number of hydrogen-bond acceptors (Lipinski definition) is 2. The molecule has 1 aromatic rings. The average Bonchev–Trinajstić information content (AvgIpc) is 2.25. The lowest BCUT2D eigenvalue weighted by Crippen LogP contribution is -2.06. The number of rotatable bonds is 5. The van der Waals surface area contributed by atoms with Crippen molar-refractivity contribution in [3.63, 3.8) is 0 Å². The maximum absolute atomic E-state index is 12.4. The zero-order chi connectivity index (χ0) is 12.9. The molecule has 0 amide bonds. The molecule has 0 aliphatic heterocycles. The van der Waals surface area contributed by atoms with Gasteiger partial charge in [-0.15, -0.1) is 0 Å². The fourth-order valence-electron chi connectivity index (χ4n) is 1.14. The van der Waals surface area contributed by atoms with Gasteiger partial charge in [0, 0.05) is 6.42 Å². The highest BCUT2D eigenvalue weighted by atomic mass is 127. The van der Waals surface area contributed by atoms with Crippen molar-refractivity contribution in [3.05, 3.63) is 27.3 Å². The summed E-state index contributed by atoms with van der Waals surface area (Å²) in [5, 5.41) is 0. The Kier molecular flexibility index (Phi) is 5.23. The Morgan fingerprint density at radius 1 is 1.35 bits per heavy atom. The van der Waals surface area contributed by atoms with E-state index in [1.165, 1.54) is 6.07 Å². The van der Waals surface area contributed by atoms with Gasteiger partial charge in [-0.25, -0.2) is 0 Å². The predicted molar refractivity (Wildman–Crippen MR) is 65.0 cm³/mol. The number of aldehydes is 1. The number of ether oxygens (including phenoxy) is 1. The summed E-state index contributed by atoms with van der Waals surface area (Å²) in [5.41, 5.74) is -0.733. The number of unbranched alkanes of at least 4 members (excludes halogenated alkanes) is 1. The number of benzene rings is 1. The van der Waals surface area contributed by atoms with Crippen LogP contribution in [0.3, 0.4) is 0 Å². The topological polar surface area (TPSA) is 26.3 Å². The van der Waals surface area contributed by atoms with Crippen LogP contribution in [0.1, 0.15) is 18.4 Å². The zero-order valence-corrected chi connectivity index (χ0v) is 10.9. The molecular formula is C11H10F3IO2. The van der Waals surface area contributed by atoms with E-state index < -0.39 is 11.7 Å². The fraction of sp³-hybridized carbons (Fsp3) is 0.364. The van der Waals surface area contributed by atoms with E-state index in [-0.39, 0.29) is 12.4 Å². The second-order valence-electron chi connectivity index (χ2n) is 3.30. The van der Waals surface area contributed by atoms with Crippen molar-refractivity contribution < 1.29 is 22.7 Å². The van der Waals surface area contributed by atoms with Gasteiger partial charge < -0.3 is 9.53 Å². The van der Waals surface area contributed by atoms with Crippen molar-refractivity contribution in [2.24, 2.45) is 0 Å². The maximum atomic E-state index is 12.4. The third kappa shape index (κ3) is 4.53. The van der Waals surface area contributed by atoms with Gasteiger partial charge in [0.15, 0.2) is 0 Å². The first-order valence-electron chi connectivity index (χ1n) is 4.88. The molecule has 0 bridgehead atoms. The molecule has 0 spiro atoms. The van der Waals surface area contributed by atoms with Gasteiger partial charge in [-0.05, 0) is 47.2 Å². The first-order chi connectivity index (χ1) is 7.95. The third-order valence-corrected chi connectivity index (χ3v) is 2.87. The van der Waals surface area contributed by atoms with Gasteiger partial charge in [0.1, 0.15) is 12.0 Å². The summed E-state index contributed by atoms with van der Waals surface area (Å²) in [6.45, 7) is 0.232. The smallest absolute Gasteiger partial charge is 0.416 e. The average molecular weight is 358 g/mol. The van der Waals surface area contributed by atoms with Gasteiger partial charge in [-0.1, -0.05) is 0 Å². The number of carbonyl (C=O) groups excluding carboxylic acids is 1. The molecule has 0 fully saturated rings. The molecular weight excluding hydrogens is 348 g/mol. The van der Waals surface area contributed by atoms with Gasteiger partial charge in [-0.2, -0.15) is 13.2 Å². The third-order valence-electron chi connectivity index (χ3n) is 1.98. The minimum atomic E-state index is -4.37. The summed E-state index contributed by atoms with van der Waals surface area (Å²) >= 11 is 1.90. The van der Waals surface area contributed by atoms with Gasteiger partial charge in [-0.3, -0.25) is 0 Å². The molecule has 0 saturated carbocycles. The van der Waals surface area contributed by atoms with Gasteiger partial charge in [0.25, 0.3) is 0 Å². The summed E-state index contributed by atoms with van der Waals surface area (Å²) in [7, 11) is 0. The van der Waals surface area contributed by atoms with Gasteiger partial charge in [0.2, 0.25) is 0 Å². The number of halogens is 4. The van der Waals surface area contributed by atoms with E-state index in [0.717, 1.165) is 18.4 Å². The van der Waals surface area contributed by atoms with E-state index in [2.05, 4.69) is 0 Å². The molecule has 1 rings (SSSR count). The highest BCUT2D eigenvalue weighted by Crippen LogP contribution is 2.33. The van der Waals surface area contributed by atoms with Crippen LogP contribution >= 0.6 is 22.6 Å². The van der Waals surface area contributed by atoms with Gasteiger partial charge >= 0.3 is 6.18 Å². The van der Waals surface area contributed by atoms with E-state index >= 15 is 0 Å². The summed E-state index contributed by atoms with van der Waals surface area (Å²) in [6.07, 6.45) is -2.78. The summed E-state index contributed by atoms with van der Waals surface area (Å²) < 4.78 is 43.1. The van der Waals surface area contributed by atoms with Crippen molar-refractivity contribution in [2.75, 3.05) is 6.61 Å². The van der Waals surface area contributed by atoms with Gasteiger partial charge in [0.05, 0.1) is 15.7 Å². The molecule has 0 aromatic heterocycles. The molecule has 6 heteroatoms. The van der Waals surface area contributed by atoms with E-state index in [0.29, 0.717) is 16.4 Å². The largest absolute Gasteiger partial charge is 0.492 e. The first-order valence-corrected chi connectivity index (χ1v) is 5.96. The quantitative estimate of drug-likeness (QED) is 0.456. The SMILES string of the molecule is O=CCCCOc1cc(C(F)(F)F)ccc1I. The highest BCUT2D eigenvalue weighted by Gasteiger charge is 2.31. The second kappa shape index (κ2) is 6.23. The van der Waals surface area contributed by atoms with Crippen LogP contribution in [0.15, 0.2) is 18.2 Å². The Balaban J connectivity index is 2.73.